The van der Waals surface area contributed by atoms with Crippen LogP contribution in [0.15, 0.2) is 0 Å². The minimum Gasteiger partial charge on any atom is -0.382 e. The van der Waals surface area contributed by atoms with Crippen molar-refractivity contribution in [2.75, 3.05) is 19.8 Å². The van der Waals surface area contributed by atoms with E-state index in [4.69, 9.17) is 4.74 Å². The minimum atomic E-state index is 0.458. The Morgan fingerprint density at radius 3 is 2.53 bits per heavy atom. The van der Waals surface area contributed by atoms with Gasteiger partial charge in [-0.25, -0.2) is 0 Å². The van der Waals surface area contributed by atoms with Gasteiger partial charge in [-0.2, -0.15) is 0 Å². The molecule has 2 nitrogen and oxygen atoms in total. The molecule has 1 aliphatic rings. The molecule has 1 aliphatic carbocycles. The molecule has 0 aromatic rings. The lowest BCUT2D eigenvalue weighted by atomic mass is 9.81. The van der Waals surface area contributed by atoms with E-state index in [-0.39, 0.29) is 0 Å². The Kier molecular flexibility index (Phi) is 5.07. The highest BCUT2D eigenvalue weighted by Crippen LogP contribution is 2.47. The molecule has 1 atom stereocenters. The van der Waals surface area contributed by atoms with Crippen LogP contribution in [-0.4, -0.2) is 25.8 Å². The molecule has 1 fully saturated rings. The number of hydrogen-bond acceptors (Lipinski definition) is 2. The molecule has 0 aliphatic heterocycles. The Morgan fingerprint density at radius 2 is 2.07 bits per heavy atom. The second kappa shape index (κ2) is 5.86. The fourth-order valence-corrected chi connectivity index (χ4v) is 2.10. The summed E-state index contributed by atoms with van der Waals surface area (Å²) in [5, 5.41) is 3.58. The van der Waals surface area contributed by atoms with Gasteiger partial charge in [0.2, 0.25) is 0 Å². The summed E-state index contributed by atoms with van der Waals surface area (Å²) in [7, 11) is 0. The van der Waals surface area contributed by atoms with E-state index in [1.807, 2.05) is 0 Å². The van der Waals surface area contributed by atoms with Crippen LogP contribution in [0.4, 0.5) is 0 Å². The maximum atomic E-state index is 5.49. The second-order valence-corrected chi connectivity index (χ2v) is 5.41. The second-order valence-electron chi connectivity index (χ2n) is 5.41. The fourth-order valence-electron chi connectivity index (χ4n) is 2.10. The third-order valence-electron chi connectivity index (χ3n) is 3.50. The Labute approximate surface area is 94.8 Å². The number of rotatable bonds is 8. The summed E-state index contributed by atoms with van der Waals surface area (Å²) in [6.07, 6.45) is 4.04. The van der Waals surface area contributed by atoms with E-state index in [0.717, 1.165) is 25.7 Å². The zero-order valence-electron chi connectivity index (χ0n) is 10.8. The summed E-state index contributed by atoms with van der Waals surface area (Å²) in [4.78, 5) is 0. The molecule has 1 N–H and O–H groups in total. The highest BCUT2D eigenvalue weighted by molar-refractivity contribution is 4.92. The van der Waals surface area contributed by atoms with E-state index in [9.17, 15) is 0 Å². The zero-order chi connectivity index (χ0) is 11.3. The van der Waals surface area contributed by atoms with Gasteiger partial charge in [-0.15, -0.1) is 0 Å². The van der Waals surface area contributed by atoms with Crippen molar-refractivity contribution in [3.63, 3.8) is 0 Å². The fraction of sp³-hybridized carbons (Fsp3) is 1.00. The minimum absolute atomic E-state index is 0.458. The molecule has 0 amide bonds. The standard InChI is InChI=1S/C13H27NO/c1-5-15-9-8-13(4,12-6-7-12)10-14-11(2)3/h11-12,14H,5-10H2,1-4H3. The van der Waals surface area contributed by atoms with E-state index < -0.39 is 0 Å². The average Bonchev–Trinajstić information content (AvgIpc) is 2.98. The number of ether oxygens (including phenoxy) is 1. The zero-order valence-corrected chi connectivity index (χ0v) is 10.8. The third-order valence-corrected chi connectivity index (χ3v) is 3.50. The highest BCUT2D eigenvalue weighted by atomic mass is 16.5. The topological polar surface area (TPSA) is 21.3 Å². The van der Waals surface area contributed by atoms with Gasteiger partial charge in [0.15, 0.2) is 0 Å². The van der Waals surface area contributed by atoms with Crippen molar-refractivity contribution in [2.24, 2.45) is 11.3 Å². The molecule has 0 heterocycles. The predicted molar refractivity (Wildman–Crippen MR) is 65.1 cm³/mol. The molecule has 0 bridgehead atoms. The lowest BCUT2D eigenvalue weighted by molar-refractivity contribution is 0.0973. The first kappa shape index (κ1) is 13.0. The van der Waals surface area contributed by atoms with Crippen LogP contribution in [0.1, 0.15) is 47.0 Å². The van der Waals surface area contributed by atoms with E-state index in [1.165, 1.54) is 19.3 Å². The summed E-state index contributed by atoms with van der Waals surface area (Å²) in [6.45, 7) is 11.8. The van der Waals surface area contributed by atoms with Gasteiger partial charge in [-0.05, 0) is 37.5 Å². The van der Waals surface area contributed by atoms with Crippen molar-refractivity contribution in [2.45, 2.75) is 53.0 Å². The number of nitrogens with one attached hydrogen (secondary N) is 1. The van der Waals surface area contributed by atoms with Crippen LogP contribution in [0.5, 0.6) is 0 Å². The molecular weight excluding hydrogens is 186 g/mol. The van der Waals surface area contributed by atoms with Crippen LogP contribution in [0.3, 0.4) is 0 Å². The van der Waals surface area contributed by atoms with E-state index in [2.05, 4.69) is 33.0 Å². The maximum absolute atomic E-state index is 5.49. The predicted octanol–water partition coefficient (Wildman–Crippen LogP) is 2.83. The van der Waals surface area contributed by atoms with Crippen molar-refractivity contribution in [1.82, 2.24) is 5.32 Å². The molecule has 0 aromatic heterocycles. The molecule has 0 spiro atoms. The van der Waals surface area contributed by atoms with Crippen LogP contribution >= 0.6 is 0 Å². The molecule has 2 heteroatoms. The first-order valence-electron chi connectivity index (χ1n) is 6.39. The smallest absolute Gasteiger partial charge is 0.0471 e. The molecule has 90 valence electrons. The molecule has 0 radical (unpaired) electrons. The number of hydrogen-bond donors (Lipinski definition) is 1. The van der Waals surface area contributed by atoms with Crippen molar-refractivity contribution in [3.8, 4) is 0 Å². The van der Waals surface area contributed by atoms with Gasteiger partial charge in [-0.3, -0.25) is 0 Å². The summed E-state index contributed by atoms with van der Waals surface area (Å²) in [5.41, 5.74) is 0.458. The molecule has 1 unspecified atom stereocenters. The van der Waals surface area contributed by atoms with E-state index in [1.54, 1.807) is 0 Å². The summed E-state index contributed by atoms with van der Waals surface area (Å²) in [6, 6.07) is 0.593. The van der Waals surface area contributed by atoms with Gasteiger partial charge in [0.1, 0.15) is 0 Å². The molecule has 1 saturated carbocycles. The first-order chi connectivity index (χ1) is 7.08. The van der Waals surface area contributed by atoms with Crippen molar-refractivity contribution in [1.29, 1.82) is 0 Å². The average molecular weight is 213 g/mol. The van der Waals surface area contributed by atoms with Gasteiger partial charge in [-0.1, -0.05) is 20.8 Å². The van der Waals surface area contributed by atoms with E-state index >= 15 is 0 Å². The quantitative estimate of drug-likeness (QED) is 0.626. The summed E-state index contributed by atoms with van der Waals surface area (Å²) >= 11 is 0. The van der Waals surface area contributed by atoms with Gasteiger partial charge in [0.05, 0.1) is 0 Å². The van der Waals surface area contributed by atoms with Crippen LogP contribution in [-0.2, 0) is 4.74 Å². The van der Waals surface area contributed by atoms with Crippen molar-refractivity contribution < 1.29 is 4.74 Å². The normalized spacial score (nSPS) is 20.6. The van der Waals surface area contributed by atoms with Gasteiger partial charge < -0.3 is 10.1 Å². The van der Waals surface area contributed by atoms with Gasteiger partial charge >= 0.3 is 0 Å². The monoisotopic (exact) mass is 213 g/mol. The Hall–Kier alpha value is -0.0800. The molecule has 1 rings (SSSR count). The van der Waals surface area contributed by atoms with Crippen LogP contribution < -0.4 is 5.32 Å². The summed E-state index contributed by atoms with van der Waals surface area (Å²) in [5.74, 6) is 0.934. The SMILES string of the molecule is CCOCCC(C)(CNC(C)C)C1CC1. The first-order valence-corrected chi connectivity index (χ1v) is 6.39. The lowest BCUT2D eigenvalue weighted by Gasteiger charge is -2.31. The molecule has 15 heavy (non-hydrogen) atoms. The maximum Gasteiger partial charge on any atom is 0.0471 e. The lowest BCUT2D eigenvalue weighted by Crippen LogP contribution is -2.38. The highest BCUT2D eigenvalue weighted by Gasteiger charge is 2.40. The molecule has 0 aromatic carbocycles. The van der Waals surface area contributed by atoms with Crippen molar-refractivity contribution >= 4 is 0 Å². The Morgan fingerprint density at radius 1 is 1.40 bits per heavy atom. The Bertz CT molecular complexity index is 177. The van der Waals surface area contributed by atoms with Gasteiger partial charge in [0, 0.05) is 25.8 Å². The Balaban J connectivity index is 2.32. The van der Waals surface area contributed by atoms with Crippen LogP contribution in [0.25, 0.3) is 0 Å². The van der Waals surface area contributed by atoms with E-state index in [0.29, 0.717) is 11.5 Å². The van der Waals surface area contributed by atoms with Crippen molar-refractivity contribution in [3.05, 3.63) is 0 Å². The van der Waals surface area contributed by atoms with Crippen LogP contribution in [0.2, 0.25) is 0 Å². The van der Waals surface area contributed by atoms with Gasteiger partial charge in [0.25, 0.3) is 0 Å². The molecular formula is C13H27NO. The largest absolute Gasteiger partial charge is 0.382 e. The third kappa shape index (κ3) is 4.52. The molecule has 0 saturated heterocycles. The van der Waals surface area contributed by atoms with Crippen LogP contribution in [0, 0.1) is 11.3 Å². The summed E-state index contributed by atoms with van der Waals surface area (Å²) < 4.78 is 5.49.